The van der Waals surface area contributed by atoms with E-state index in [-0.39, 0.29) is 0 Å². The van der Waals surface area contributed by atoms with E-state index in [0.717, 1.165) is 17.9 Å². The summed E-state index contributed by atoms with van der Waals surface area (Å²) in [6.45, 7) is 4.96. The average molecular weight is 226 g/mol. The van der Waals surface area contributed by atoms with Crippen molar-refractivity contribution in [3.8, 4) is 6.07 Å². The fourth-order valence-electron chi connectivity index (χ4n) is 1.79. The van der Waals surface area contributed by atoms with Gasteiger partial charge in [-0.2, -0.15) is 5.26 Å². The molecule has 0 saturated carbocycles. The Morgan fingerprint density at radius 2 is 2.18 bits per heavy atom. The quantitative estimate of drug-likeness (QED) is 0.807. The smallest absolute Gasteiger partial charge is 0.140 e. The number of hydrogen-bond donors (Lipinski definition) is 0. The van der Waals surface area contributed by atoms with Gasteiger partial charge in [0.2, 0.25) is 0 Å². The summed E-state index contributed by atoms with van der Waals surface area (Å²) < 4.78 is 2.10. The van der Waals surface area contributed by atoms with Crippen molar-refractivity contribution in [1.82, 2.24) is 14.5 Å². The van der Waals surface area contributed by atoms with Crippen LogP contribution >= 0.6 is 0 Å². The summed E-state index contributed by atoms with van der Waals surface area (Å²) in [6.07, 6.45) is 5.43. The Morgan fingerprint density at radius 3 is 2.88 bits per heavy atom. The Balaban J connectivity index is 2.26. The minimum Gasteiger partial charge on any atom is -0.330 e. The van der Waals surface area contributed by atoms with Gasteiger partial charge in [0.05, 0.1) is 0 Å². The molecule has 0 N–H and O–H groups in total. The molecule has 0 amide bonds. The van der Waals surface area contributed by atoms with Gasteiger partial charge in [0.15, 0.2) is 0 Å². The fraction of sp³-hybridized carbons (Fsp3) is 0.308. The maximum atomic E-state index is 8.80. The van der Waals surface area contributed by atoms with E-state index in [0.29, 0.717) is 11.6 Å². The maximum Gasteiger partial charge on any atom is 0.140 e. The SMILES string of the molecule is CC(C)c1nccn1Cc1ccnc(C#N)c1. The van der Waals surface area contributed by atoms with Crippen LogP contribution in [0.1, 0.15) is 36.8 Å². The Labute approximate surface area is 101 Å². The number of aromatic nitrogens is 3. The molecule has 86 valence electrons. The van der Waals surface area contributed by atoms with Crippen molar-refractivity contribution in [3.63, 3.8) is 0 Å². The largest absolute Gasteiger partial charge is 0.330 e. The molecule has 0 aliphatic rings. The molecule has 2 aromatic rings. The molecule has 0 aliphatic carbocycles. The zero-order valence-electron chi connectivity index (χ0n) is 9.96. The van der Waals surface area contributed by atoms with Gasteiger partial charge in [-0.3, -0.25) is 0 Å². The van der Waals surface area contributed by atoms with Crippen molar-refractivity contribution >= 4 is 0 Å². The summed E-state index contributed by atoms with van der Waals surface area (Å²) in [5, 5.41) is 8.80. The fourth-order valence-corrected chi connectivity index (χ4v) is 1.79. The maximum absolute atomic E-state index is 8.80. The van der Waals surface area contributed by atoms with Crippen LogP contribution in [0.4, 0.5) is 0 Å². The van der Waals surface area contributed by atoms with Crippen LogP contribution in [0.5, 0.6) is 0 Å². The number of pyridine rings is 1. The molecular weight excluding hydrogens is 212 g/mol. The third-order valence-electron chi connectivity index (χ3n) is 2.56. The minimum atomic E-state index is 0.391. The van der Waals surface area contributed by atoms with E-state index in [4.69, 9.17) is 5.26 Å². The summed E-state index contributed by atoms with van der Waals surface area (Å²) in [6, 6.07) is 5.78. The molecule has 4 nitrogen and oxygen atoms in total. The number of hydrogen-bond acceptors (Lipinski definition) is 3. The van der Waals surface area contributed by atoms with E-state index in [2.05, 4.69) is 28.4 Å². The first-order valence-corrected chi connectivity index (χ1v) is 5.56. The topological polar surface area (TPSA) is 54.5 Å². The highest BCUT2D eigenvalue weighted by Gasteiger charge is 2.07. The normalized spacial score (nSPS) is 10.5. The summed E-state index contributed by atoms with van der Waals surface area (Å²) in [7, 11) is 0. The lowest BCUT2D eigenvalue weighted by Crippen LogP contribution is -2.06. The lowest BCUT2D eigenvalue weighted by molar-refractivity contribution is 0.669. The second-order valence-electron chi connectivity index (χ2n) is 4.23. The Kier molecular flexibility index (Phi) is 3.20. The van der Waals surface area contributed by atoms with Crippen molar-refractivity contribution in [1.29, 1.82) is 5.26 Å². The molecule has 0 saturated heterocycles. The highest BCUT2D eigenvalue weighted by atomic mass is 15.1. The molecule has 0 atom stereocenters. The van der Waals surface area contributed by atoms with Gasteiger partial charge in [-0.15, -0.1) is 0 Å². The Morgan fingerprint density at radius 1 is 1.35 bits per heavy atom. The molecule has 0 radical (unpaired) electrons. The van der Waals surface area contributed by atoms with E-state index in [9.17, 15) is 0 Å². The van der Waals surface area contributed by atoms with Gasteiger partial charge in [-0.25, -0.2) is 9.97 Å². The van der Waals surface area contributed by atoms with Gasteiger partial charge in [-0.1, -0.05) is 13.8 Å². The van der Waals surface area contributed by atoms with Crippen LogP contribution < -0.4 is 0 Å². The highest BCUT2D eigenvalue weighted by molar-refractivity contribution is 5.25. The lowest BCUT2D eigenvalue weighted by atomic mass is 10.2. The third kappa shape index (κ3) is 2.51. The molecule has 0 aromatic carbocycles. The number of nitriles is 1. The van der Waals surface area contributed by atoms with Crippen LogP contribution in [0, 0.1) is 11.3 Å². The molecule has 4 heteroatoms. The molecule has 0 spiro atoms. The zero-order valence-corrected chi connectivity index (χ0v) is 9.96. The minimum absolute atomic E-state index is 0.391. The molecule has 17 heavy (non-hydrogen) atoms. The monoisotopic (exact) mass is 226 g/mol. The van der Waals surface area contributed by atoms with E-state index in [1.807, 2.05) is 30.6 Å². The van der Waals surface area contributed by atoms with E-state index in [1.165, 1.54) is 0 Å². The predicted molar refractivity (Wildman–Crippen MR) is 64.4 cm³/mol. The highest BCUT2D eigenvalue weighted by Crippen LogP contribution is 2.13. The summed E-state index contributed by atoms with van der Waals surface area (Å²) in [5.74, 6) is 1.45. The second-order valence-corrected chi connectivity index (χ2v) is 4.23. The van der Waals surface area contributed by atoms with Gasteiger partial charge < -0.3 is 4.57 Å². The molecule has 0 fully saturated rings. The zero-order chi connectivity index (χ0) is 12.3. The van der Waals surface area contributed by atoms with E-state index < -0.39 is 0 Å². The van der Waals surface area contributed by atoms with Crippen LogP contribution in [0.3, 0.4) is 0 Å². The standard InChI is InChI=1S/C13H14N4/c1-10(2)13-16-5-6-17(13)9-11-3-4-15-12(7-11)8-14/h3-7,10H,9H2,1-2H3. The van der Waals surface area contributed by atoms with Crippen LogP contribution in [-0.2, 0) is 6.54 Å². The van der Waals surface area contributed by atoms with Gasteiger partial charge in [0.25, 0.3) is 0 Å². The lowest BCUT2D eigenvalue weighted by Gasteiger charge is -2.10. The predicted octanol–water partition coefficient (Wildman–Crippen LogP) is 2.32. The first kappa shape index (κ1) is 11.3. The summed E-state index contributed by atoms with van der Waals surface area (Å²) in [5.41, 5.74) is 1.52. The van der Waals surface area contributed by atoms with Gasteiger partial charge in [-0.05, 0) is 17.7 Å². The van der Waals surface area contributed by atoms with E-state index >= 15 is 0 Å². The summed E-state index contributed by atoms with van der Waals surface area (Å²) in [4.78, 5) is 8.30. The first-order valence-electron chi connectivity index (χ1n) is 5.56. The Bertz CT molecular complexity index is 549. The van der Waals surface area contributed by atoms with Gasteiger partial charge >= 0.3 is 0 Å². The molecule has 2 aromatic heterocycles. The number of imidazole rings is 1. The molecule has 2 heterocycles. The van der Waals surface area contributed by atoms with Crippen LogP contribution in [0.15, 0.2) is 30.7 Å². The molecule has 0 bridgehead atoms. The van der Waals surface area contributed by atoms with Crippen molar-refractivity contribution in [2.45, 2.75) is 26.3 Å². The molecular formula is C13H14N4. The van der Waals surface area contributed by atoms with E-state index in [1.54, 1.807) is 6.20 Å². The van der Waals surface area contributed by atoms with Crippen molar-refractivity contribution < 1.29 is 0 Å². The van der Waals surface area contributed by atoms with Gasteiger partial charge in [0, 0.05) is 31.1 Å². The van der Waals surface area contributed by atoms with Crippen molar-refractivity contribution in [2.24, 2.45) is 0 Å². The second kappa shape index (κ2) is 4.79. The Hall–Kier alpha value is -2.15. The van der Waals surface area contributed by atoms with Crippen LogP contribution in [-0.4, -0.2) is 14.5 Å². The third-order valence-corrected chi connectivity index (χ3v) is 2.56. The van der Waals surface area contributed by atoms with Crippen LogP contribution in [0.2, 0.25) is 0 Å². The van der Waals surface area contributed by atoms with Crippen molar-refractivity contribution in [3.05, 3.63) is 47.8 Å². The van der Waals surface area contributed by atoms with Gasteiger partial charge in [0.1, 0.15) is 17.6 Å². The first-order chi connectivity index (χ1) is 8.20. The van der Waals surface area contributed by atoms with Crippen molar-refractivity contribution in [2.75, 3.05) is 0 Å². The van der Waals surface area contributed by atoms with Crippen LogP contribution in [0.25, 0.3) is 0 Å². The molecule has 0 aliphatic heterocycles. The average Bonchev–Trinajstić information content (AvgIpc) is 2.77. The number of nitrogens with zero attached hydrogens (tertiary/aromatic N) is 4. The molecule has 2 rings (SSSR count). The summed E-state index contributed by atoms with van der Waals surface area (Å²) >= 11 is 0. The number of rotatable bonds is 3. The molecule has 0 unspecified atom stereocenters.